The number of nitrogens with two attached hydrogens (primary N) is 2. The lowest BCUT2D eigenvalue weighted by Crippen LogP contribution is -2.43. The van der Waals surface area contributed by atoms with Crippen LogP contribution in [0.15, 0.2) is 55.0 Å². The number of amides is 1. The zero-order valence-electron chi connectivity index (χ0n) is 18.7. The maximum Gasteiger partial charge on any atom is 0.419 e. The number of carbonyl (C=O) groups excluding carboxylic acids is 1. The Morgan fingerprint density at radius 3 is 2.24 bits per heavy atom. The molecular formula is C23H28F3N5O2. The molecule has 0 aliphatic carbocycles. The van der Waals surface area contributed by atoms with Crippen molar-refractivity contribution in [1.29, 1.82) is 0 Å². The molecule has 3 aromatic rings. The second-order valence-electron chi connectivity index (χ2n) is 8.32. The number of hydrogen-bond acceptors (Lipinski definition) is 5. The van der Waals surface area contributed by atoms with Gasteiger partial charge in [0.25, 0.3) is 5.91 Å². The van der Waals surface area contributed by atoms with Crippen LogP contribution in [0.4, 0.5) is 13.2 Å². The van der Waals surface area contributed by atoms with Crippen LogP contribution in [-0.2, 0) is 6.18 Å². The first-order chi connectivity index (χ1) is 15.4. The molecule has 0 fully saturated rings. The van der Waals surface area contributed by atoms with E-state index in [1.165, 1.54) is 18.3 Å². The van der Waals surface area contributed by atoms with Gasteiger partial charge in [0.05, 0.1) is 5.56 Å². The van der Waals surface area contributed by atoms with Crippen LogP contribution in [0.25, 0.3) is 11.1 Å². The highest BCUT2D eigenvalue weighted by atomic mass is 19.4. The number of H-pyrrole nitrogens is 1. The highest BCUT2D eigenvalue weighted by molar-refractivity contribution is 5.90. The van der Waals surface area contributed by atoms with Crippen molar-refractivity contribution in [3.8, 4) is 16.9 Å². The molecule has 0 aliphatic rings. The number of hydrogen-bond donors (Lipinski definition) is 3. The zero-order chi connectivity index (χ0) is 24.6. The zero-order valence-corrected chi connectivity index (χ0v) is 18.7. The monoisotopic (exact) mass is 463 g/mol. The number of benzene rings is 1. The number of pyridine rings is 1. The van der Waals surface area contributed by atoms with Crippen LogP contribution < -0.4 is 16.2 Å². The van der Waals surface area contributed by atoms with Crippen LogP contribution in [0.1, 0.15) is 43.2 Å². The van der Waals surface area contributed by atoms with E-state index in [1.807, 2.05) is 13.8 Å². The van der Waals surface area contributed by atoms with E-state index in [9.17, 15) is 18.0 Å². The molecule has 1 amide bonds. The number of ether oxygens (including phenoxy) is 1. The van der Waals surface area contributed by atoms with Crippen molar-refractivity contribution in [3.63, 3.8) is 0 Å². The first-order valence-electron chi connectivity index (χ1n) is 10.2. The average molecular weight is 464 g/mol. The lowest BCUT2D eigenvalue weighted by atomic mass is 9.93. The van der Waals surface area contributed by atoms with Gasteiger partial charge >= 0.3 is 6.18 Å². The van der Waals surface area contributed by atoms with E-state index in [-0.39, 0.29) is 12.4 Å². The summed E-state index contributed by atoms with van der Waals surface area (Å²) in [5.74, 6) is -0.358. The molecule has 3 rings (SSSR count). The molecule has 0 radical (unpaired) electrons. The predicted molar refractivity (Wildman–Crippen MR) is 119 cm³/mol. The second kappa shape index (κ2) is 11.0. The average Bonchev–Trinajstić information content (AvgIpc) is 3.27. The quantitative estimate of drug-likeness (QED) is 0.479. The first-order valence-corrected chi connectivity index (χ1v) is 10.2. The van der Waals surface area contributed by atoms with Crippen molar-refractivity contribution in [2.24, 2.45) is 17.4 Å². The minimum atomic E-state index is -4.51. The van der Waals surface area contributed by atoms with Gasteiger partial charge in [0.1, 0.15) is 18.1 Å². The van der Waals surface area contributed by atoms with Crippen molar-refractivity contribution in [1.82, 2.24) is 15.2 Å². The minimum absolute atomic E-state index is 0.0167. The van der Waals surface area contributed by atoms with E-state index in [2.05, 4.69) is 15.2 Å². The maximum atomic E-state index is 13.5. The molecule has 0 aliphatic heterocycles. The smallest absolute Gasteiger partial charge is 0.419 e. The van der Waals surface area contributed by atoms with Crippen molar-refractivity contribution in [2.75, 3.05) is 6.61 Å². The summed E-state index contributed by atoms with van der Waals surface area (Å²) in [7, 11) is 0. The molecule has 1 aromatic carbocycles. The summed E-state index contributed by atoms with van der Waals surface area (Å²) in [4.78, 5) is 14.1. The summed E-state index contributed by atoms with van der Waals surface area (Å²) < 4.78 is 45.8. The van der Waals surface area contributed by atoms with Crippen molar-refractivity contribution in [2.45, 2.75) is 38.9 Å². The number of aromatic amines is 1. The summed E-state index contributed by atoms with van der Waals surface area (Å²) in [6.45, 7) is 5.82. The van der Waals surface area contributed by atoms with Gasteiger partial charge in [-0.15, -0.1) is 0 Å². The van der Waals surface area contributed by atoms with E-state index in [4.69, 9.17) is 16.2 Å². The van der Waals surface area contributed by atoms with Gasteiger partial charge in [-0.05, 0) is 60.7 Å². The van der Waals surface area contributed by atoms with Crippen LogP contribution in [0.3, 0.4) is 0 Å². The van der Waals surface area contributed by atoms with Gasteiger partial charge in [0, 0.05) is 24.1 Å². The third-order valence-corrected chi connectivity index (χ3v) is 4.50. The van der Waals surface area contributed by atoms with Crippen LogP contribution in [-0.4, -0.2) is 33.2 Å². The normalized spacial score (nSPS) is 13.1. The van der Waals surface area contributed by atoms with Gasteiger partial charge in [0.2, 0.25) is 0 Å². The third-order valence-electron chi connectivity index (χ3n) is 4.50. The SMILES string of the molecule is CC(C)CC(C)(N)COc1ccc(-c2ccncc2)cc1C(F)(F)F.NC(=O)c1ccn[nH]1. The van der Waals surface area contributed by atoms with Crippen LogP contribution in [0.5, 0.6) is 5.75 Å². The second-order valence-corrected chi connectivity index (χ2v) is 8.32. The van der Waals surface area contributed by atoms with Gasteiger partial charge in [0.15, 0.2) is 0 Å². The highest BCUT2D eigenvalue weighted by Gasteiger charge is 2.35. The lowest BCUT2D eigenvalue weighted by molar-refractivity contribution is -0.139. The van der Waals surface area contributed by atoms with Crippen molar-refractivity contribution >= 4 is 5.91 Å². The molecule has 0 spiro atoms. The molecule has 0 saturated carbocycles. The number of rotatable bonds is 7. The van der Waals surface area contributed by atoms with E-state index in [1.54, 1.807) is 37.5 Å². The van der Waals surface area contributed by atoms with Crippen LogP contribution >= 0.6 is 0 Å². The fourth-order valence-electron chi connectivity index (χ4n) is 3.23. The molecule has 0 bridgehead atoms. The molecule has 0 saturated heterocycles. The molecule has 5 N–H and O–H groups in total. The Morgan fingerprint density at radius 1 is 1.09 bits per heavy atom. The lowest BCUT2D eigenvalue weighted by Gasteiger charge is -2.27. The Kier molecular flexibility index (Phi) is 8.58. The van der Waals surface area contributed by atoms with E-state index < -0.39 is 23.2 Å². The molecule has 1 unspecified atom stereocenters. The highest BCUT2D eigenvalue weighted by Crippen LogP contribution is 2.39. The number of halogens is 3. The van der Waals surface area contributed by atoms with E-state index >= 15 is 0 Å². The summed E-state index contributed by atoms with van der Waals surface area (Å²) in [6, 6.07) is 8.90. The summed E-state index contributed by atoms with van der Waals surface area (Å²) in [6.07, 6.45) is 0.697. The summed E-state index contributed by atoms with van der Waals surface area (Å²) in [5.41, 5.74) is 10.9. The molecule has 2 heterocycles. The molecule has 10 heteroatoms. The molecule has 33 heavy (non-hydrogen) atoms. The number of alkyl halides is 3. The molecular weight excluding hydrogens is 435 g/mol. The Hall–Kier alpha value is -3.40. The minimum Gasteiger partial charge on any atom is -0.491 e. The topological polar surface area (TPSA) is 120 Å². The van der Waals surface area contributed by atoms with Crippen molar-refractivity contribution < 1.29 is 22.7 Å². The number of primary amides is 1. The Bertz CT molecular complexity index is 1020. The maximum absolute atomic E-state index is 13.5. The fourth-order valence-corrected chi connectivity index (χ4v) is 3.23. The fraction of sp³-hybridized carbons (Fsp3) is 0.348. The predicted octanol–water partition coefficient (Wildman–Crippen LogP) is 4.42. The van der Waals surface area contributed by atoms with Crippen LogP contribution in [0.2, 0.25) is 0 Å². The number of carbonyl (C=O) groups is 1. The number of aromatic nitrogens is 3. The number of nitrogens with one attached hydrogen (secondary N) is 1. The molecule has 7 nitrogen and oxygen atoms in total. The van der Waals surface area contributed by atoms with Crippen LogP contribution in [0, 0.1) is 5.92 Å². The molecule has 1 atom stereocenters. The van der Waals surface area contributed by atoms with Gasteiger partial charge in [-0.3, -0.25) is 14.9 Å². The Morgan fingerprint density at radius 2 is 1.76 bits per heavy atom. The third kappa shape index (κ3) is 8.23. The van der Waals surface area contributed by atoms with E-state index in [0.717, 1.165) is 6.07 Å². The van der Waals surface area contributed by atoms with Gasteiger partial charge < -0.3 is 16.2 Å². The summed E-state index contributed by atoms with van der Waals surface area (Å²) >= 11 is 0. The van der Waals surface area contributed by atoms with E-state index in [0.29, 0.717) is 29.2 Å². The first kappa shape index (κ1) is 25.9. The number of nitrogens with zero attached hydrogens (tertiary/aromatic N) is 2. The standard InChI is InChI=1S/C19H23F3N2O.C4H5N3O/c1-13(2)11-18(3,23)12-25-17-5-4-15(10-16(17)19(20,21)22)14-6-8-24-9-7-14;5-4(8)3-1-2-6-7-3/h4-10,13H,11-12,23H2,1-3H3;1-2H,(H2,5,8)(H,6,7). The van der Waals surface area contributed by atoms with Gasteiger partial charge in [-0.1, -0.05) is 19.9 Å². The van der Waals surface area contributed by atoms with Gasteiger partial charge in [-0.25, -0.2) is 0 Å². The molecule has 178 valence electrons. The van der Waals surface area contributed by atoms with Crippen molar-refractivity contribution in [3.05, 3.63) is 66.2 Å². The Balaban J connectivity index is 0.000000405. The van der Waals surface area contributed by atoms with Gasteiger partial charge in [-0.2, -0.15) is 18.3 Å². The largest absolute Gasteiger partial charge is 0.491 e. The molecule has 2 aromatic heterocycles. The summed E-state index contributed by atoms with van der Waals surface area (Å²) in [5, 5.41) is 5.93. The Labute approximate surface area is 190 Å².